The number of thiophene rings is 2. The van der Waals surface area contributed by atoms with E-state index in [1.54, 1.807) is 24.3 Å². The third kappa shape index (κ3) is 12.9. The second-order valence-electron chi connectivity index (χ2n) is 7.60. The number of aliphatic hydroxyl groups is 1. The van der Waals surface area contributed by atoms with Gasteiger partial charge in [-0.15, -0.1) is 22.7 Å². The number of ether oxygens (including phenoxy) is 1. The normalized spacial score (nSPS) is 11.3. The van der Waals surface area contributed by atoms with Crippen molar-refractivity contribution < 1.29 is 57.2 Å². The van der Waals surface area contributed by atoms with E-state index in [1.807, 2.05) is 10.8 Å². The molecule has 0 aliphatic rings. The second-order valence-corrected chi connectivity index (χ2v) is 11.0. The van der Waals surface area contributed by atoms with E-state index in [2.05, 4.69) is 11.7 Å². The first kappa shape index (κ1) is 32.7. The molecule has 0 spiro atoms. The van der Waals surface area contributed by atoms with Crippen LogP contribution in [0.25, 0.3) is 0 Å². The topological polar surface area (TPSA) is 104 Å². The van der Waals surface area contributed by atoms with Crippen LogP contribution in [0.1, 0.15) is 80.9 Å². The molecule has 0 aliphatic heterocycles. The average Bonchev–Trinajstić information content (AvgIpc) is 3.48. The van der Waals surface area contributed by atoms with Gasteiger partial charge in [0.1, 0.15) is 0 Å². The van der Waals surface area contributed by atoms with Crippen LogP contribution in [0, 0.1) is 0 Å². The summed E-state index contributed by atoms with van der Waals surface area (Å²) in [5.41, 5.74) is -1.67. The van der Waals surface area contributed by atoms with Gasteiger partial charge in [0.2, 0.25) is 5.60 Å². The predicted molar refractivity (Wildman–Crippen MR) is 130 cm³/mol. The maximum absolute atomic E-state index is 11.8. The Balaban J connectivity index is 0.000000602. The number of methoxy groups -OCH3 is 1. The fourth-order valence-corrected chi connectivity index (χ4v) is 5.48. The summed E-state index contributed by atoms with van der Waals surface area (Å²) in [6.45, 7) is 2.21. The minimum Gasteiger partial charge on any atom is -0.748 e. The van der Waals surface area contributed by atoms with Crippen LogP contribution in [-0.2, 0) is 25.3 Å². The molecule has 2 aromatic rings. The Morgan fingerprint density at radius 1 is 0.939 bits per heavy atom. The summed E-state index contributed by atoms with van der Waals surface area (Å²) in [5, 5.41) is 14.2. The van der Waals surface area contributed by atoms with Crippen LogP contribution in [0.3, 0.4) is 0 Å². The zero-order chi connectivity index (χ0) is 23.9. The number of carbonyl (C=O) groups is 1. The van der Waals surface area contributed by atoms with Gasteiger partial charge in [0.25, 0.3) is 0 Å². The van der Waals surface area contributed by atoms with Crippen molar-refractivity contribution in [2.75, 3.05) is 12.9 Å². The van der Waals surface area contributed by atoms with Crippen molar-refractivity contribution in [3.05, 3.63) is 44.8 Å². The van der Waals surface area contributed by atoms with E-state index >= 15 is 0 Å². The standard InChI is InChI=1S/C12H26O3S.C11H10O3S2.Na/c1-2-3-4-5-6-7-8-9-10-11-12-16(13,14)15;1-14-10(12)11(13,8-4-2-6-15-8)9-5-3-7-16-9;/h2-12H2,1H3,(H,13,14,15);2-7,13H,1H3;/q;;+1/p-1. The molecule has 0 amide bonds. The third-order valence-electron chi connectivity index (χ3n) is 4.98. The average molecular weight is 527 g/mol. The van der Waals surface area contributed by atoms with Crippen molar-refractivity contribution >= 4 is 38.8 Å². The Morgan fingerprint density at radius 3 is 1.70 bits per heavy atom. The zero-order valence-electron chi connectivity index (χ0n) is 20.0. The van der Waals surface area contributed by atoms with Crippen molar-refractivity contribution in [1.29, 1.82) is 0 Å². The maximum Gasteiger partial charge on any atom is 1.00 e. The molecule has 10 heteroatoms. The van der Waals surface area contributed by atoms with E-state index in [4.69, 9.17) is 0 Å². The first-order valence-corrected chi connectivity index (χ1v) is 14.4. The molecule has 0 bridgehead atoms. The smallest absolute Gasteiger partial charge is 0.748 e. The molecule has 0 saturated heterocycles. The number of carbonyl (C=O) groups excluding carboxylic acids is 1. The number of hydrogen-bond donors (Lipinski definition) is 1. The van der Waals surface area contributed by atoms with Crippen LogP contribution >= 0.6 is 22.7 Å². The molecule has 0 aliphatic carbocycles. The molecule has 33 heavy (non-hydrogen) atoms. The number of hydrogen-bond acceptors (Lipinski definition) is 8. The minimum absolute atomic E-state index is 0. The van der Waals surface area contributed by atoms with Crippen molar-refractivity contribution in [2.24, 2.45) is 0 Å². The van der Waals surface area contributed by atoms with Crippen molar-refractivity contribution in [3.63, 3.8) is 0 Å². The van der Waals surface area contributed by atoms with Crippen LogP contribution in [-0.4, -0.2) is 36.9 Å². The summed E-state index contributed by atoms with van der Waals surface area (Å²) in [4.78, 5) is 12.9. The summed E-state index contributed by atoms with van der Waals surface area (Å²) in [7, 11) is -2.71. The number of rotatable bonds is 14. The van der Waals surface area contributed by atoms with Crippen molar-refractivity contribution in [1.82, 2.24) is 0 Å². The molecule has 0 radical (unpaired) electrons. The fraction of sp³-hybridized carbons (Fsp3) is 0.609. The van der Waals surface area contributed by atoms with Gasteiger partial charge in [-0.3, -0.25) is 0 Å². The molecular weight excluding hydrogens is 491 g/mol. The quantitative estimate of drug-likeness (QED) is 0.176. The molecule has 0 saturated carbocycles. The van der Waals surface area contributed by atoms with Gasteiger partial charge < -0.3 is 14.4 Å². The van der Waals surface area contributed by atoms with E-state index in [0.29, 0.717) is 16.2 Å². The van der Waals surface area contributed by atoms with Crippen LogP contribution < -0.4 is 29.6 Å². The Kier molecular flexibility index (Phi) is 17.9. The molecule has 1 N–H and O–H groups in total. The van der Waals surface area contributed by atoms with Gasteiger partial charge in [0, 0.05) is 5.75 Å². The summed E-state index contributed by atoms with van der Waals surface area (Å²) in [6, 6.07) is 7.03. The Hall–Kier alpha value is -0.260. The van der Waals surface area contributed by atoms with Crippen molar-refractivity contribution in [3.8, 4) is 0 Å². The van der Waals surface area contributed by atoms with Crippen LogP contribution in [0.2, 0.25) is 0 Å². The van der Waals surface area contributed by atoms with Gasteiger partial charge in [-0.2, -0.15) is 0 Å². The molecule has 182 valence electrons. The number of esters is 1. The Morgan fingerprint density at radius 2 is 1.36 bits per heavy atom. The van der Waals surface area contributed by atoms with E-state index in [9.17, 15) is 22.9 Å². The molecule has 0 unspecified atom stereocenters. The van der Waals surface area contributed by atoms with E-state index in [1.165, 1.54) is 74.7 Å². The van der Waals surface area contributed by atoms with Gasteiger partial charge in [-0.05, 0) is 29.3 Å². The molecule has 0 atom stereocenters. The zero-order valence-corrected chi connectivity index (χ0v) is 24.4. The fourth-order valence-electron chi connectivity index (χ4n) is 3.21. The van der Waals surface area contributed by atoms with E-state index < -0.39 is 21.7 Å². The largest absolute Gasteiger partial charge is 1.00 e. The summed E-state index contributed by atoms with van der Waals surface area (Å²) in [6.07, 6.45) is 11.4. The van der Waals surface area contributed by atoms with E-state index in [0.717, 1.165) is 12.8 Å². The second kappa shape index (κ2) is 18.1. The minimum atomic E-state index is -3.98. The SMILES string of the molecule is CCCCCCCCCCCCS(=O)(=O)[O-].COC(=O)C(O)(c1cccs1)c1cccs1.[Na+]. The van der Waals surface area contributed by atoms with Gasteiger partial charge in [-0.1, -0.05) is 76.8 Å². The molecule has 2 rings (SSSR count). The number of unbranched alkanes of at least 4 members (excludes halogenated alkanes) is 9. The maximum atomic E-state index is 11.8. The molecule has 2 aromatic heterocycles. The van der Waals surface area contributed by atoms with Crippen LogP contribution in [0.4, 0.5) is 0 Å². The Labute approximate surface area is 228 Å². The first-order chi connectivity index (χ1) is 15.3. The molecule has 2 heterocycles. The summed E-state index contributed by atoms with van der Waals surface area (Å²) >= 11 is 2.66. The summed E-state index contributed by atoms with van der Waals surface area (Å²) in [5.74, 6) is -0.846. The predicted octanol–water partition coefficient (Wildman–Crippen LogP) is 2.68. The summed E-state index contributed by atoms with van der Waals surface area (Å²) < 4.78 is 35.6. The molecular formula is C23H35NaO6S3. The van der Waals surface area contributed by atoms with Crippen LogP contribution in [0.5, 0.6) is 0 Å². The third-order valence-corrected chi connectivity index (χ3v) is 7.73. The van der Waals surface area contributed by atoms with Crippen LogP contribution in [0.15, 0.2) is 35.0 Å². The first-order valence-electron chi connectivity index (χ1n) is 11.1. The van der Waals surface area contributed by atoms with E-state index in [-0.39, 0.29) is 35.3 Å². The monoisotopic (exact) mass is 526 g/mol. The van der Waals surface area contributed by atoms with Gasteiger partial charge in [0.05, 0.1) is 27.0 Å². The molecule has 6 nitrogen and oxygen atoms in total. The van der Waals surface area contributed by atoms with Gasteiger partial charge in [0.15, 0.2) is 0 Å². The van der Waals surface area contributed by atoms with Gasteiger partial charge in [-0.25, -0.2) is 13.2 Å². The Bertz CT molecular complexity index is 801. The molecule has 0 aromatic carbocycles. The van der Waals surface area contributed by atoms with Crippen molar-refractivity contribution in [2.45, 2.75) is 76.7 Å². The molecule has 0 fully saturated rings. The van der Waals surface area contributed by atoms with Gasteiger partial charge >= 0.3 is 35.5 Å².